The molecule has 0 radical (unpaired) electrons. The first-order valence-electron chi connectivity index (χ1n) is 5.01. The summed E-state index contributed by atoms with van der Waals surface area (Å²) >= 11 is 0. The molecular formula is C14H9FO2. The molecule has 0 spiro atoms. The Hall–Kier alpha value is -2.34. The molecule has 84 valence electrons. The molecule has 0 saturated carbocycles. The van der Waals surface area contributed by atoms with Crippen molar-refractivity contribution in [2.75, 3.05) is 0 Å². The van der Waals surface area contributed by atoms with Gasteiger partial charge in [-0.1, -0.05) is 30.2 Å². The van der Waals surface area contributed by atoms with Gasteiger partial charge in [0.1, 0.15) is 5.82 Å². The number of benzene rings is 2. The number of rotatable bonds is 2. The van der Waals surface area contributed by atoms with E-state index >= 15 is 0 Å². The van der Waals surface area contributed by atoms with Crippen LogP contribution in [0.5, 0.6) is 0 Å². The van der Waals surface area contributed by atoms with E-state index in [1.807, 2.05) is 0 Å². The standard InChI is InChI=1S/C14H9FO2/c1-2-11-12-5-3-9(8-14(16)17)7-10(12)4-6-13(11)15/h1,3-7H,8H2,(H,16,17). The zero-order valence-corrected chi connectivity index (χ0v) is 8.90. The predicted molar refractivity (Wildman–Crippen MR) is 63.2 cm³/mol. The monoisotopic (exact) mass is 228 g/mol. The summed E-state index contributed by atoms with van der Waals surface area (Å²) in [6, 6.07) is 7.91. The lowest BCUT2D eigenvalue weighted by atomic mass is 10.0. The molecule has 3 heteroatoms. The average Bonchev–Trinajstić information content (AvgIpc) is 2.28. The van der Waals surface area contributed by atoms with Crippen molar-refractivity contribution in [1.82, 2.24) is 0 Å². The van der Waals surface area contributed by atoms with Gasteiger partial charge in [-0.05, 0) is 17.0 Å². The van der Waals surface area contributed by atoms with Crippen molar-refractivity contribution in [3.05, 3.63) is 47.3 Å². The highest BCUT2D eigenvalue weighted by molar-refractivity contribution is 5.89. The Balaban J connectivity index is 2.62. The summed E-state index contributed by atoms with van der Waals surface area (Å²) in [6.45, 7) is 0. The highest BCUT2D eigenvalue weighted by Gasteiger charge is 2.07. The Morgan fingerprint density at radius 2 is 2.12 bits per heavy atom. The fourth-order valence-electron chi connectivity index (χ4n) is 1.78. The smallest absolute Gasteiger partial charge is 0.307 e. The maximum atomic E-state index is 13.4. The normalized spacial score (nSPS) is 10.1. The van der Waals surface area contributed by atoms with E-state index in [4.69, 9.17) is 11.5 Å². The zero-order chi connectivity index (χ0) is 12.4. The third-order valence-corrected chi connectivity index (χ3v) is 2.53. The molecule has 0 aromatic heterocycles. The van der Waals surface area contributed by atoms with E-state index in [9.17, 15) is 9.18 Å². The van der Waals surface area contributed by atoms with Gasteiger partial charge in [-0.3, -0.25) is 4.79 Å². The fourth-order valence-corrected chi connectivity index (χ4v) is 1.78. The van der Waals surface area contributed by atoms with Crippen molar-refractivity contribution in [2.45, 2.75) is 6.42 Å². The molecule has 0 aliphatic rings. The van der Waals surface area contributed by atoms with Gasteiger partial charge in [-0.25, -0.2) is 4.39 Å². The van der Waals surface area contributed by atoms with Gasteiger partial charge in [0, 0.05) is 5.39 Å². The number of halogens is 1. The first-order chi connectivity index (χ1) is 8.11. The topological polar surface area (TPSA) is 37.3 Å². The molecular weight excluding hydrogens is 219 g/mol. The van der Waals surface area contributed by atoms with Crippen molar-refractivity contribution in [2.24, 2.45) is 0 Å². The number of hydrogen-bond donors (Lipinski definition) is 1. The van der Waals surface area contributed by atoms with Gasteiger partial charge in [-0.15, -0.1) is 6.42 Å². The van der Waals surface area contributed by atoms with Crippen molar-refractivity contribution in [3.8, 4) is 12.3 Å². The maximum Gasteiger partial charge on any atom is 0.307 e. The third kappa shape index (κ3) is 2.11. The van der Waals surface area contributed by atoms with Crippen LogP contribution in [0.3, 0.4) is 0 Å². The van der Waals surface area contributed by atoms with Crippen LogP contribution in [-0.4, -0.2) is 11.1 Å². The molecule has 2 nitrogen and oxygen atoms in total. The first-order valence-corrected chi connectivity index (χ1v) is 5.01. The zero-order valence-electron chi connectivity index (χ0n) is 8.90. The Bertz CT molecular complexity index is 638. The Labute approximate surface area is 97.7 Å². The molecule has 0 saturated heterocycles. The van der Waals surface area contributed by atoms with Crippen molar-refractivity contribution in [1.29, 1.82) is 0 Å². The highest BCUT2D eigenvalue weighted by Crippen LogP contribution is 2.22. The number of aliphatic carboxylic acids is 1. The lowest BCUT2D eigenvalue weighted by Gasteiger charge is -2.04. The molecule has 0 bridgehead atoms. The minimum absolute atomic E-state index is 0.0568. The van der Waals surface area contributed by atoms with Gasteiger partial charge >= 0.3 is 5.97 Å². The summed E-state index contributed by atoms with van der Waals surface area (Å²) in [5, 5.41) is 10.1. The summed E-state index contributed by atoms with van der Waals surface area (Å²) in [5.41, 5.74) is 0.879. The second-order valence-corrected chi connectivity index (χ2v) is 3.69. The molecule has 2 aromatic carbocycles. The maximum absolute atomic E-state index is 13.4. The summed E-state index contributed by atoms with van der Waals surface area (Å²) in [6.07, 6.45) is 5.19. The number of terminal acetylenes is 1. The Morgan fingerprint density at radius 3 is 2.76 bits per heavy atom. The van der Waals surface area contributed by atoms with E-state index in [1.165, 1.54) is 6.07 Å². The van der Waals surface area contributed by atoms with Gasteiger partial charge in [0.25, 0.3) is 0 Å². The van der Waals surface area contributed by atoms with Crippen molar-refractivity contribution < 1.29 is 14.3 Å². The van der Waals surface area contributed by atoms with Gasteiger partial charge in [0.05, 0.1) is 12.0 Å². The summed E-state index contributed by atoms with van der Waals surface area (Å²) in [5.74, 6) is 0.969. The molecule has 0 amide bonds. The molecule has 0 heterocycles. The quantitative estimate of drug-likeness (QED) is 0.802. The molecule has 0 atom stereocenters. The predicted octanol–water partition coefficient (Wildman–Crippen LogP) is 2.59. The second kappa shape index (κ2) is 4.26. The number of carboxylic acids is 1. The minimum Gasteiger partial charge on any atom is -0.481 e. The minimum atomic E-state index is -0.899. The first kappa shape index (κ1) is 11.2. The molecule has 2 rings (SSSR count). The van der Waals surface area contributed by atoms with Crippen LogP contribution in [0.15, 0.2) is 30.3 Å². The van der Waals surface area contributed by atoms with Crippen LogP contribution in [0.25, 0.3) is 10.8 Å². The summed E-state index contributed by atoms with van der Waals surface area (Å²) in [4.78, 5) is 10.6. The van der Waals surface area contributed by atoms with Crippen molar-refractivity contribution >= 4 is 16.7 Å². The number of carboxylic acid groups (broad SMARTS) is 1. The van der Waals surface area contributed by atoms with Gasteiger partial charge < -0.3 is 5.11 Å². The number of hydrogen-bond acceptors (Lipinski definition) is 1. The van der Waals surface area contributed by atoms with Crippen LogP contribution in [0.4, 0.5) is 4.39 Å². The molecule has 17 heavy (non-hydrogen) atoms. The number of carbonyl (C=O) groups is 1. The second-order valence-electron chi connectivity index (χ2n) is 3.69. The van der Waals surface area contributed by atoms with E-state index in [1.54, 1.807) is 24.3 Å². The van der Waals surface area contributed by atoms with Crippen LogP contribution in [-0.2, 0) is 11.2 Å². The molecule has 0 unspecified atom stereocenters. The molecule has 0 fully saturated rings. The molecule has 0 aliphatic carbocycles. The van der Waals surface area contributed by atoms with Gasteiger partial charge in [0.15, 0.2) is 0 Å². The lowest BCUT2D eigenvalue weighted by Crippen LogP contribution is -1.99. The van der Waals surface area contributed by atoms with Crippen molar-refractivity contribution in [3.63, 3.8) is 0 Å². The fraction of sp³-hybridized carbons (Fsp3) is 0.0714. The van der Waals surface area contributed by atoms with Crippen LogP contribution >= 0.6 is 0 Å². The Kier molecular flexibility index (Phi) is 2.80. The average molecular weight is 228 g/mol. The van der Waals surface area contributed by atoms with E-state index in [2.05, 4.69) is 5.92 Å². The lowest BCUT2D eigenvalue weighted by molar-refractivity contribution is -0.136. The summed E-state index contributed by atoms with van der Waals surface area (Å²) < 4.78 is 13.4. The van der Waals surface area contributed by atoms with Crippen LogP contribution < -0.4 is 0 Å². The van der Waals surface area contributed by atoms with Crippen LogP contribution in [0.1, 0.15) is 11.1 Å². The molecule has 2 aromatic rings. The highest BCUT2D eigenvalue weighted by atomic mass is 19.1. The third-order valence-electron chi connectivity index (χ3n) is 2.53. The van der Waals surface area contributed by atoms with E-state index < -0.39 is 11.8 Å². The summed E-state index contributed by atoms with van der Waals surface area (Å²) in [7, 11) is 0. The SMILES string of the molecule is C#Cc1c(F)ccc2cc(CC(=O)O)ccc12. The van der Waals surface area contributed by atoms with E-state index in [-0.39, 0.29) is 12.0 Å². The largest absolute Gasteiger partial charge is 0.481 e. The van der Waals surface area contributed by atoms with E-state index in [0.29, 0.717) is 10.9 Å². The van der Waals surface area contributed by atoms with Crippen LogP contribution in [0.2, 0.25) is 0 Å². The Morgan fingerprint density at radius 1 is 1.35 bits per heavy atom. The van der Waals surface area contributed by atoms with Gasteiger partial charge in [-0.2, -0.15) is 0 Å². The molecule has 0 aliphatic heterocycles. The van der Waals surface area contributed by atoms with Crippen LogP contribution in [0, 0.1) is 18.2 Å². The number of fused-ring (bicyclic) bond motifs is 1. The van der Waals surface area contributed by atoms with E-state index in [0.717, 1.165) is 5.39 Å². The molecule has 1 N–H and O–H groups in total. The van der Waals surface area contributed by atoms with Gasteiger partial charge in [0.2, 0.25) is 0 Å².